The summed E-state index contributed by atoms with van der Waals surface area (Å²) in [6.45, 7) is 5.66. The predicted octanol–water partition coefficient (Wildman–Crippen LogP) is 1.94. The maximum atomic E-state index is 12.2. The minimum absolute atomic E-state index is 0.130. The Labute approximate surface area is 157 Å². The smallest absolute Gasteiger partial charge is 0.410 e. The average Bonchev–Trinajstić information content (AvgIpc) is 2.59. The molecule has 1 fully saturated rings. The summed E-state index contributed by atoms with van der Waals surface area (Å²) in [6.07, 6.45) is -1.15. The van der Waals surface area contributed by atoms with Gasteiger partial charge < -0.3 is 14.4 Å². The Hall–Kier alpha value is -2.24. The van der Waals surface area contributed by atoms with Gasteiger partial charge in [0, 0.05) is 18.7 Å². The number of nitro groups is 1. The maximum absolute atomic E-state index is 12.2. The molecule has 1 aromatic rings. The van der Waals surface area contributed by atoms with Gasteiger partial charge in [-0.2, -0.15) is 8.42 Å². The molecule has 0 spiro atoms. The lowest BCUT2D eigenvalue weighted by Crippen LogP contribution is -2.48. The van der Waals surface area contributed by atoms with Crippen LogP contribution in [0.1, 0.15) is 20.8 Å². The van der Waals surface area contributed by atoms with Gasteiger partial charge in [-0.05, 0) is 32.9 Å². The van der Waals surface area contributed by atoms with Crippen LogP contribution in [0.5, 0.6) is 0 Å². The van der Waals surface area contributed by atoms with Gasteiger partial charge >= 0.3 is 6.09 Å². The number of ether oxygens (including phenoxy) is 2. The fourth-order valence-corrected chi connectivity index (χ4v) is 3.22. The van der Waals surface area contributed by atoms with Gasteiger partial charge in [0.15, 0.2) is 0 Å². The van der Waals surface area contributed by atoms with Gasteiger partial charge in [-0.25, -0.2) is 4.79 Å². The molecule has 1 aliphatic heterocycles. The number of benzene rings is 1. The summed E-state index contributed by atoms with van der Waals surface area (Å²) in [5, 5.41) is 10.6. The van der Waals surface area contributed by atoms with Crippen molar-refractivity contribution in [3.05, 3.63) is 34.4 Å². The average molecular weight is 402 g/mol. The number of hydrogen-bond donors (Lipinski definition) is 0. The van der Waals surface area contributed by atoms with Gasteiger partial charge in [0.1, 0.15) is 11.7 Å². The molecular weight excluding hydrogens is 380 g/mol. The van der Waals surface area contributed by atoms with E-state index in [0.717, 1.165) is 24.3 Å². The summed E-state index contributed by atoms with van der Waals surface area (Å²) in [7, 11) is -4.11. The first-order valence-corrected chi connectivity index (χ1v) is 9.62. The van der Waals surface area contributed by atoms with Crippen LogP contribution in [-0.2, 0) is 23.8 Å². The largest absolute Gasteiger partial charge is 0.444 e. The van der Waals surface area contributed by atoms with E-state index < -0.39 is 32.8 Å². The minimum atomic E-state index is -4.11. The zero-order chi connectivity index (χ0) is 20.2. The van der Waals surface area contributed by atoms with Gasteiger partial charge in [0.2, 0.25) is 0 Å². The fourth-order valence-electron chi connectivity index (χ4n) is 2.28. The van der Waals surface area contributed by atoms with Crippen molar-refractivity contribution in [2.24, 2.45) is 0 Å². The molecule has 1 amide bonds. The van der Waals surface area contributed by atoms with Crippen LogP contribution >= 0.6 is 0 Å². The summed E-state index contributed by atoms with van der Waals surface area (Å²) in [4.78, 5) is 23.3. The fraction of sp³-hybridized carbons (Fsp3) is 0.562. The highest BCUT2D eigenvalue weighted by molar-refractivity contribution is 7.86. The number of nitro benzene ring substituents is 1. The first-order valence-electron chi connectivity index (χ1n) is 8.21. The zero-order valence-corrected chi connectivity index (χ0v) is 16.1. The number of hydrogen-bond acceptors (Lipinski definition) is 8. The normalized spacial score (nSPS) is 18.2. The van der Waals surface area contributed by atoms with E-state index in [0.29, 0.717) is 6.54 Å². The van der Waals surface area contributed by atoms with Crippen molar-refractivity contribution in [3.63, 3.8) is 0 Å². The molecule has 10 nitrogen and oxygen atoms in total. The van der Waals surface area contributed by atoms with Crippen LogP contribution in [0.3, 0.4) is 0 Å². The van der Waals surface area contributed by atoms with E-state index in [4.69, 9.17) is 13.7 Å². The highest BCUT2D eigenvalue weighted by Gasteiger charge is 2.29. The van der Waals surface area contributed by atoms with Gasteiger partial charge in [-0.15, -0.1) is 0 Å². The standard InChI is InChI=1S/C16H22N2O8S/c1-16(2,3)26-15(19)17-8-9-24-13(10-17)11-25-27(22,23)14-6-4-12(5-7-14)18(20)21/h4-7,13H,8-11H2,1-3H3. The summed E-state index contributed by atoms with van der Waals surface area (Å²) >= 11 is 0. The molecule has 1 atom stereocenters. The van der Waals surface area contributed by atoms with E-state index in [1.165, 1.54) is 4.90 Å². The molecule has 27 heavy (non-hydrogen) atoms. The summed E-state index contributed by atoms with van der Waals surface area (Å²) < 4.78 is 40.1. The second-order valence-electron chi connectivity index (χ2n) is 6.91. The van der Waals surface area contributed by atoms with Crippen molar-refractivity contribution >= 4 is 21.9 Å². The first kappa shape index (κ1) is 21.1. The molecule has 0 N–H and O–H groups in total. The lowest BCUT2D eigenvalue weighted by atomic mass is 10.2. The van der Waals surface area contributed by atoms with Crippen LogP contribution in [0.4, 0.5) is 10.5 Å². The van der Waals surface area contributed by atoms with Crippen LogP contribution in [0.25, 0.3) is 0 Å². The molecule has 1 unspecified atom stereocenters. The van der Waals surface area contributed by atoms with Gasteiger partial charge in [0.05, 0.1) is 29.6 Å². The highest BCUT2D eigenvalue weighted by atomic mass is 32.2. The van der Waals surface area contributed by atoms with Crippen LogP contribution in [0, 0.1) is 10.1 Å². The Kier molecular flexibility index (Phi) is 6.39. The molecule has 0 aromatic heterocycles. The maximum Gasteiger partial charge on any atom is 0.410 e. The third kappa shape index (κ3) is 6.15. The van der Waals surface area contributed by atoms with Crippen LogP contribution < -0.4 is 0 Å². The number of non-ortho nitro benzene ring substituents is 1. The van der Waals surface area contributed by atoms with Crippen molar-refractivity contribution < 1.29 is 31.8 Å². The van der Waals surface area contributed by atoms with E-state index in [-0.39, 0.29) is 30.3 Å². The third-order valence-electron chi connectivity index (χ3n) is 3.54. The Balaban J connectivity index is 1.94. The summed E-state index contributed by atoms with van der Waals surface area (Å²) in [5.74, 6) is 0. The summed E-state index contributed by atoms with van der Waals surface area (Å²) in [5.41, 5.74) is -0.863. The molecule has 0 bridgehead atoms. The second kappa shape index (κ2) is 8.19. The van der Waals surface area contributed by atoms with Gasteiger partial charge in [-0.3, -0.25) is 14.3 Å². The molecular formula is C16H22N2O8S. The molecule has 2 rings (SSSR count). The number of carbonyl (C=O) groups is 1. The molecule has 1 aliphatic rings. The van der Waals surface area contributed by atoms with Crippen molar-refractivity contribution in [3.8, 4) is 0 Å². The predicted molar refractivity (Wildman–Crippen MR) is 93.8 cm³/mol. The Morgan fingerprint density at radius 3 is 2.52 bits per heavy atom. The highest BCUT2D eigenvalue weighted by Crippen LogP contribution is 2.19. The SMILES string of the molecule is CC(C)(C)OC(=O)N1CCOC(COS(=O)(=O)c2ccc([N+](=O)[O-])cc2)C1. The van der Waals surface area contributed by atoms with Gasteiger partial charge in [-0.1, -0.05) is 0 Å². The van der Waals surface area contributed by atoms with E-state index in [1.807, 2.05) is 0 Å². The first-order chi connectivity index (χ1) is 12.5. The number of carbonyl (C=O) groups excluding carboxylic acids is 1. The van der Waals surface area contributed by atoms with Crippen molar-refractivity contribution in [2.45, 2.75) is 37.4 Å². The number of morpholine rings is 1. The number of nitrogens with zero attached hydrogens (tertiary/aromatic N) is 2. The van der Waals surface area contributed by atoms with E-state index in [9.17, 15) is 23.3 Å². The van der Waals surface area contributed by atoms with Crippen LogP contribution in [-0.4, -0.2) is 62.3 Å². The molecule has 0 radical (unpaired) electrons. The summed E-state index contributed by atoms with van der Waals surface area (Å²) in [6, 6.07) is 4.36. The molecule has 150 valence electrons. The number of amides is 1. The molecule has 1 aromatic carbocycles. The molecule has 0 saturated carbocycles. The second-order valence-corrected chi connectivity index (χ2v) is 8.52. The van der Waals surface area contributed by atoms with Crippen LogP contribution in [0.2, 0.25) is 0 Å². The lowest BCUT2D eigenvalue weighted by Gasteiger charge is -2.33. The Bertz CT molecular complexity index is 786. The minimum Gasteiger partial charge on any atom is -0.444 e. The van der Waals surface area contributed by atoms with Crippen molar-refractivity contribution in [1.29, 1.82) is 0 Å². The van der Waals surface area contributed by atoms with Crippen molar-refractivity contribution in [1.82, 2.24) is 4.90 Å². The third-order valence-corrected chi connectivity index (χ3v) is 4.83. The van der Waals surface area contributed by atoms with E-state index in [1.54, 1.807) is 20.8 Å². The molecule has 11 heteroatoms. The van der Waals surface area contributed by atoms with E-state index >= 15 is 0 Å². The molecule has 0 aliphatic carbocycles. The monoisotopic (exact) mass is 402 g/mol. The van der Waals surface area contributed by atoms with Crippen LogP contribution in [0.15, 0.2) is 29.2 Å². The topological polar surface area (TPSA) is 125 Å². The van der Waals surface area contributed by atoms with E-state index in [2.05, 4.69) is 0 Å². The van der Waals surface area contributed by atoms with Crippen molar-refractivity contribution in [2.75, 3.05) is 26.3 Å². The zero-order valence-electron chi connectivity index (χ0n) is 15.3. The Morgan fingerprint density at radius 2 is 1.96 bits per heavy atom. The molecule has 1 heterocycles. The molecule has 1 saturated heterocycles. The Morgan fingerprint density at radius 1 is 1.33 bits per heavy atom. The quantitative estimate of drug-likeness (QED) is 0.415. The van der Waals surface area contributed by atoms with Gasteiger partial charge in [0.25, 0.3) is 15.8 Å². The number of rotatable bonds is 5. The lowest BCUT2D eigenvalue weighted by molar-refractivity contribution is -0.384.